The number of aryl methyl sites for hydroxylation is 3. The number of thiophene rings is 1. The van der Waals surface area contributed by atoms with E-state index in [1.807, 2.05) is 11.3 Å². The third kappa shape index (κ3) is 3.32. The van der Waals surface area contributed by atoms with E-state index in [0.29, 0.717) is 0 Å². The first kappa shape index (κ1) is 24.0. The van der Waals surface area contributed by atoms with Crippen LogP contribution in [-0.2, 0) is 0 Å². The Morgan fingerprint density at radius 3 is 2.19 bits per heavy atom. The Hall–Kier alpha value is -4.60. The molecular weight excluding hydrogens is 525 g/mol. The number of hydrogen-bond acceptors (Lipinski definition) is 2. The average Bonchev–Trinajstić information content (AvgIpc) is 3.53. The van der Waals surface area contributed by atoms with E-state index in [1.54, 1.807) is 0 Å². The summed E-state index contributed by atoms with van der Waals surface area (Å²) >= 11 is 1.89. The zero-order valence-corrected chi connectivity index (χ0v) is 24.7. The van der Waals surface area contributed by atoms with Gasteiger partial charge in [0.2, 0.25) is 6.71 Å². The van der Waals surface area contributed by atoms with E-state index in [4.69, 9.17) is 0 Å². The lowest BCUT2D eigenvalue weighted by Crippen LogP contribution is -2.54. The summed E-state index contributed by atoms with van der Waals surface area (Å²) < 4.78 is 2.68. The van der Waals surface area contributed by atoms with Crippen molar-refractivity contribution in [3.8, 4) is 22.3 Å². The molecule has 7 aromatic rings. The number of fused-ring (bicyclic) bond motifs is 8. The summed E-state index contributed by atoms with van der Waals surface area (Å²) in [6.45, 7) is 6.84. The average molecular weight is 554 g/mol. The first-order chi connectivity index (χ1) is 20.5. The van der Waals surface area contributed by atoms with E-state index in [9.17, 15) is 0 Å². The van der Waals surface area contributed by atoms with E-state index in [0.717, 1.165) is 0 Å². The highest BCUT2D eigenvalue weighted by Crippen LogP contribution is 2.46. The van der Waals surface area contributed by atoms with Gasteiger partial charge in [0.05, 0.1) is 0 Å². The first-order valence-electron chi connectivity index (χ1n) is 14.7. The van der Waals surface area contributed by atoms with Gasteiger partial charge < -0.3 is 4.90 Å². The first-order valence-corrected chi connectivity index (χ1v) is 15.5. The molecule has 0 N–H and O–H groups in total. The maximum absolute atomic E-state index is 2.53. The van der Waals surface area contributed by atoms with Crippen LogP contribution in [0.2, 0.25) is 0 Å². The molecule has 0 radical (unpaired) electrons. The van der Waals surface area contributed by atoms with Gasteiger partial charge in [-0.1, -0.05) is 83.8 Å². The van der Waals surface area contributed by atoms with Crippen molar-refractivity contribution in [1.82, 2.24) is 0 Å². The number of hydrogen-bond donors (Lipinski definition) is 0. The van der Waals surface area contributed by atoms with Crippen LogP contribution in [0.1, 0.15) is 16.7 Å². The van der Waals surface area contributed by atoms with Gasteiger partial charge in [0, 0.05) is 37.2 Å². The molecule has 0 spiro atoms. The van der Waals surface area contributed by atoms with E-state index in [2.05, 4.69) is 141 Å². The monoisotopic (exact) mass is 553 g/mol. The van der Waals surface area contributed by atoms with Crippen LogP contribution in [0.15, 0.2) is 115 Å². The van der Waals surface area contributed by atoms with Gasteiger partial charge in [-0.05, 0) is 108 Å². The zero-order valence-electron chi connectivity index (χ0n) is 23.9. The predicted octanol–water partition coefficient (Wildman–Crippen LogP) is 8.93. The van der Waals surface area contributed by atoms with Crippen LogP contribution in [0, 0.1) is 20.8 Å². The Labute approximate surface area is 250 Å². The second-order valence-electron chi connectivity index (χ2n) is 12.0. The van der Waals surface area contributed by atoms with Crippen LogP contribution in [-0.4, -0.2) is 6.71 Å². The number of nitrogens with zero attached hydrogens (tertiary/aromatic N) is 1. The van der Waals surface area contributed by atoms with Crippen molar-refractivity contribution >= 4 is 71.7 Å². The van der Waals surface area contributed by atoms with Crippen LogP contribution in [0.5, 0.6) is 0 Å². The van der Waals surface area contributed by atoms with Crippen LogP contribution >= 0.6 is 11.3 Å². The van der Waals surface area contributed by atoms with Crippen molar-refractivity contribution in [2.24, 2.45) is 0 Å². The lowest BCUT2D eigenvalue weighted by molar-refractivity contribution is 1.27. The van der Waals surface area contributed by atoms with Gasteiger partial charge in [0.15, 0.2) is 0 Å². The zero-order chi connectivity index (χ0) is 28.1. The molecule has 1 aromatic heterocycles. The molecular formula is C39H28BNS. The molecule has 2 aliphatic rings. The molecule has 6 aromatic carbocycles. The standard InChI is InChI=1S/C39H28BNS/c1-23-8-6-9-27(18-23)41-34-20-25(3)15-17-33(34)40-32-16-14-24(2)19-30(32)31-21-26(22-35(41)39(31)40)28-11-7-13-37-38(28)29-10-4-5-12-36(29)42-37/h4-22H,1-3H3. The van der Waals surface area contributed by atoms with Crippen molar-refractivity contribution < 1.29 is 0 Å². The molecule has 0 saturated carbocycles. The SMILES string of the molecule is Cc1cccc(N2c3cc(C)ccc3B3c4ccc(C)cc4-c4cc(-c5cccc6sc7ccccc7c56)cc2c43)c1. The summed E-state index contributed by atoms with van der Waals surface area (Å²) in [4.78, 5) is 2.53. The van der Waals surface area contributed by atoms with Crippen molar-refractivity contribution in [1.29, 1.82) is 0 Å². The largest absolute Gasteiger partial charge is 0.311 e. The van der Waals surface area contributed by atoms with Gasteiger partial charge in [-0.15, -0.1) is 11.3 Å². The minimum Gasteiger partial charge on any atom is -0.311 e. The topological polar surface area (TPSA) is 3.24 Å². The van der Waals surface area contributed by atoms with Crippen LogP contribution in [0.25, 0.3) is 42.4 Å². The number of benzene rings is 6. The van der Waals surface area contributed by atoms with E-state index in [-0.39, 0.29) is 6.71 Å². The van der Waals surface area contributed by atoms with Gasteiger partial charge in [-0.25, -0.2) is 0 Å². The summed E-state index contributed by atoms with van der Waals surface area (Å²) in [6, 6.07) is 43.7. The molecule has 0 saturated heterocycles. The summed E-state index contributed by atoms with van der Waals surface area (Å²) in [5.41, 5.74) is 17.2. The molecule has 1 nitrogen and oxygen atoms in total. The van der Waals surface area contributed by atoms with Crippen molar-refractivity contribution in [3.63, 3.8) is 0 Å². The third-order valence-electron chi connectivity index (χ3n) is 9.21. The second kappa shape index (κ2) is 8.70. The number of anilines is 3. The molecule has 42 heavy (non-hydrogen) atoms. The molecule has 3 heterocycles. The quantitative estimate of drug-likeness (QED) is 0.193. The highest BCUT2D eigenvalue weighted by Gasteiger charge is 2.42. The molecule has 0 atom stereocenters. The molecule has 198 valence electrons. The molecule has 0 bridgehead atoms. The normalized spacial score (nSPS) is 13.0. The molecule has 9 rings (SSSR count). The lowest BCUT2D eigenvalue weighted by Gasteiger charge is -2.36. The number of rotatable bonds is 2. The van der Waals surface area contributed by atoms with Gasteiger partial charge >= 0.3 is 0 Å². The molecule has 2 aliphatic heterocycles. The minimum absolute atomic E-state index is 0.231. The van der Waals surface area contributed by atoms with Gasteiger partial charge in [0.25, 0.3) is 0 Å². The fourth-order valence-electron chi connectivity index (χ4n) is 7.42. The van der Waals surface area contributed by atoms with Crippen LogP contribution in [0.4, 0.5) is 17.1 Å². The Morgan fingerprint density at radius 1 is 0.548 bits per heavy atom. The predicted molar refractivity (Wildman–Crippen MR) is 184 cm³/mol. The smallest absolute Gasteiger partial charge is 0.248 e. The van der Waals surface area contributed by atoms with Crippen LogP contribution in [0.3, 0.4) is 0 Å². The summed E-state index contributed by atoms with van der Waals surface area (Å²) in [7, 11) is 0. The highest BCUT2D eigenvalue weighted by atomic mass is 32.1. The van der Waals surface area contributed by atoms with Gasteiger partial charge in [-0.2, -0.15) is 0 Å². The van der Waals surface area contributed by atoms with Gasteiger partial charge in [0.1, 0.15) is 0 Å². The van der Waals surface area contributed by atoms with Crippen molar-refractivity contribution in [2.75, 3.05) is 4.90 Å². The Bertz CT molecular complexity index is 2260. The van der Waals surface area contributed by atoms with E-state index >= 15 is 0 Å². The molecule has 0 amide bonds. The molecule has 0 aliphatic carbocycles. The Kier molecular flexibility index (Phi) is 4.98. The fraction of sp³-hybridized carbons (Fsp3) is 0.0769. The van der Waals surface area contributed by atoms with Gasteiger partial charge in [-0.3, -0.25) is 0 Å². The van der Waals surface area contributed by atoms with Crippen molar-refractivity contribution in [2.45, 2.75) is 20.8 Å². The minimum atomic E-state index is 0.231. The summed E-state index contributed by atoms with van der Waals surface area (Å²) in [5.74, 6) is 0. The third-order valence-corrected chi connectivity index (χ3v) is 10.3. The second-order valence-corrected chi connectivity index (χ2v) is 13.1. The van der Waals surface area contributed by atoms with Crippen molar-refractivity contribution in [3.05, 3.63) is 132 Å². The van der Waals surface area contributed by atoms with Crippen LogP contribution < -0.4 is 21.3 Å². The summed E-state index contributed by atoms with van der Waals surface area (Å²) in [5, 5.41) is 2.70. The maximum atomic E-state index is 2.53. The maximum Gasteiger partial charge on any atom is 0.248 e. The van der Waals surface area contributed by atoms with E-state index in [1.165, 1.54) is 92.6 Å². The lowest BCUT2D eigenvalue weighted by atomic mass is 9.37. The molecule has 0 fully saturated rings. The summed E-state index contributed by atoms with van der Waals surface area (Å²) in [6.07, 6.45) is 0. The highest BCUT2D eigenvalue weighted by molar-refractivity contribution is 7.25. The van der Waals surface area contributed by atoms with E-state index < -0.39 is 0 Å². The fourth-order valence-corrected chi connectivity index (χ4v) is 8.55. The Morgan fingerprint density at radius 2 is 1.31 bits per heavy atom. The Balaban J connectivity index is 1.42. The molecule has 3 heteroatoms. The molecule has 0 unspecified atom stereocenters.